The number of hydrogen-bond donors (Lipinski definition) is 0. The van der Waals surface area contributed by atoms with Crippen molar-refractivity contribution in [3.05, 3.63) is 0 Å². The van der Waals surface area contributed by atoms with Crippen LogP contribution in [-0.2, 0) is 9.47 Å². The largest absolute Gasteiger partial charge is 0.512 e. The van der Waals surface area contributed by atoms with E-state index in [1.807, 2.05) is 0 Å². The van der Waals surface area contributed by atoms with Crippen LogP contribution in [0.4, 0.5) is 13.6 Å². The Morgan fingerprint density at radius 1 is 1.67 bits per heavy atom. The summed E-state index contributed by atoms with van der Waals surface area (Å²) in [4.78, 5) is 9.93. The topological polar surface area (TPSA) is 35.5 Å². The summed E-state index contributed by atoms with van der Waals surface area (Å²) in [6, 6.07) is 0. The van der Waals surface area contributed by atoms with Gasteiger partial charge in [0.25, 0.3) is 0 Å². The molecule has 0 rings (SSSR count). The van der Waals surface area contributed by atoms with Crippen molar-refractivity contribution in [3.8, 4) is 0 Å². The maximum absolute atomic E-state index is 11.1. The summed E-state index contributed by atoms with van der Waals surface area (Å²) >= 11 is 0. The second kappa shape index (κ2) is 4.05. The molecule has 0 unspecified atom stereocenters. The van der Waals surface area contributed by atoms with Gasteiger partial charge in [-0.2, -0.15) is 8.78 Å². The highest BCUT2D eigenvalue weighted by Crippen LogP contribution is 1.96. The monoisotopic (exact) mass is 140 g/mol. The second-order valence-electron chi connectivity index (χ2n) is 1.06. The van der Waals surface area contributed by atoms with Gasteiger partial charge in [-0.3, -0.25) is 0 Å². The van der Waals surface area contributed by atoms with Crippen molar-refractivity contribution in [3.63, 3.8) is 0 Å². The third kappa shape index (κ3) is 4.99. The van der Waals surface area contributed by atoms with Crippen LogP contribution in [0.1, 0.15) is 6.92 Å². The first kappa shape index (κ1) is 8.13. The number of halogens is 2. The van der Waals surface area contributed by atoms with Crippen LogP contribution in [0.2, 0.25) is 0 Å². The lowest BCUT2D eigenvalue weighted by atomic mass is 10.9. The quantitative estimate of drug-likeness (QED) is 0.543. The fraction of sp³-hybridized carbons (Fsp3) is 0.750. The summed E-state index contributed by atoms with van der Waals surface area (Å²) in [6.07, 6.45) is -1.34. The summed E-state index contributed by atoms with van der Waals surface area (Å²) in [7, 11) is 0. The number of alkyl halides is 2. The van der Waals surface area contributed by atoms with E-state index >= 15 is 0 Å². The third-order valence-electron chi connectivity index (χ3n) is 0.448. The van der Waals surface area contributed by atoms with Crippen molar-refractivity contribution in [1.82, 2.24) is 0 Å². The third-order valence-corrected chi connectivity index (χ3v) is 0.448. The maximum Gasteiger partial charge on any atom is 0.512 e. The van der Waals surface area contributed by atoms with E-state index in [4.69, 9.17) is 0 Å². The van der Waals surface area contributed by atoms with Crippen molar-refractivity contribution >= 4 is 6.16 Å². The molecule has 0 saturated carbocycles. The van der Waals surface area contributed by atoms with Crippen molar-refractivity contribution < 1.29 is 23.0 Å². The van der Waals surface area contributed by atoms with Crippen LogP contribution >= 0.6 is 0 Å². The van der Waals surface area contributed by atoms with Gasteiger partial charge in [0.2, 0.25) is 0 Å². The molecule has 9 heavy (non-hydrogen) atoms. The van der Waals surface area contributed by atoms with Crippen molar-refractivity contribution in [1.29, 1.82) is 0 Å². The van der Waals surface area contributed by atoms with Crippen molar-refractivity contribution in [2.75, 3.05) is 6.61 Å². The molecule has 0 bridgehead atoms. The van der Waals surface area contributed by atoms with Gasteiger partial charge in [-0.05, 0) is 6.92 Å². The highest BCUT2D eigenvalue weighted by Gasteiger charge is 2.09. The van der Waals surface area contributed by atoms with Crippen LogP contribution < -0.4 is 0 Å². The number of ether oxygens (including phenoxy) is 2. The molecule has 0 spiro atoms. The molecule has 0 fully saturated rings. The Morgan fingerprint density at radius 3 is 2.56 bits per heavy atom. The van der Waals surface area contributed by atoms with E-state index in [2.05, 4.69) is 9.47 Å². The van der Waals surface area contributed by atoms with Gasteiger partial charge >= 0.3 is 12.8 Å². The first-order valence-electron chi connectivity index (χ1n) is 2.28. The van der Waals surface area contributed by atoms with Crippen LogP contribution in [0.5, 0.6) is 0 Å². The minimum absolute atomic E-state index is 0.0333. The minimum atomic E-state index is -3.09. The van der Waals surface area contributed by atoms with Gasteiger partial charge < -0.3 is 9.47 Å². The van der Waals surface area contributed by atoms with Crippen LogP contribution in [0.25, 0.3) is 0 Å². The normalized spacial score (nSPS) is 9.33. The van der Waals surface area contributed by atoms with Gasteiger partial charge in [-0.1, -0.05) is 0 Å². The van der Waals surface area contributed by atoms with Gasteiger partial charge in [-0.25, -0.2) is 4.79 Å². The van der Waals surface area contributed by atoms with Crippen molar-refractivity contribution in [2.24, 2.45) is 0 Å². The molecule has 0 aliphatic rings. The first-order chi connectivity index (χ1) is 4.16. The molecule has 0 aliphatic heterocycles. The number of rotatable bonds is 2. The molecule has 0 atom stereocenters. The highest BCUT2D eigenvalue weighted by molar-refractivity contribution is 5.59. The Hall–Kier alpha value is -0.870. The van der Waals surface area contributed by atoms with E-state index in [0.29, 0.717) is 0 Å². The molecular weight excluding hydrogens is 134 g/mol. The standard InChI is InChI=1S/C4H6F2O3/c1-2-8-4(7)9-3(5)6/h3H,2H2,1H3. The molecule has 3 nitrogen and oxygen atoms in total. The molecule has 0 aliphatic carbocycles. The zero-order valence-corrected chi connectivity index (χ0v) is 4.77. The lowest BCUT2D eigenvalue weighted by molar-refractivity contribution is -0.105. The van der Waals surface area contributed by atoms with Crippen LogP contribution in [-0.4, -0.2) is 19.4 Å². The van der Waals surface area contributed by atoms with E-state index in [0.717, 1.165) is 0 Å². The number of hydrogen-bond acceptors (Lipinski definition) is 3. The number of carbonyl (C=O) groups is 1. The van der Waals surface area contributed by atoms with E-state index in [9.17, 15) is 13.6 Å². The zero-order chi connectivity index (χ0) is 7.28. The van der Waals surface area contributed by atoms with E-state index < -0.39 is 12.8 Å². The maximum atomic E-state index is 11.1. The van der Waals surface area contributed by atoms with Crippen LogP contribution in [0.15, 0.2) is 0 Å². The van der Waals surface area contributed by atoms with Gasteiger partial charge in [0.15, 0.2) is 0 Å². The average Bonchev–Trinajstić information content (AvgIpc) is 1.63. The predicted octanol–water partition coefficient (Wildman–Crippen LogP) is 1.38. The zero-order valence-electron chi connectivity index (χ0n) is 4.77. The Bertz CT molecular complexity index is 93.8. The molecule has 5 heteroatoms. The first-order valence-corrected chi connectivity index (χ1v) is 2.28. The lowest BCUT2D eigenvalue weighted by Gasteiger charge is -2.00. The van der Waals surface area contributed by atoms with Crippen LogP contribution in [0, 0.1) is 0 Å². The summed E-state index contributed by atoms with van der Waals surface area (Å²) in [5.74, 6) is 0. The Morgan fingerprint density at radius 2 is 2.22 bits per heavy atom. The molecule has 54 valence electrons. The molecule has 0 radical (unpaired) electrons. The smallest absolute Gasteiger partial charge is 0.434 e. The van der Waals surface area contributed by atoms with E-state index in [1.165, 1.54) is 6.92 Å². The highest BCUT2D eigenvalue weighted by atomic mass is 19.3. The molecule has 0 aromatic rings. The molecule has 0 N–H and O–H groups in total. The average molecular weight is 140 g/mol. The predicted molar refractivity (Wildman–Crippen MR) is 24.1 cm³/mol. The molecular formula is C4H6F2O3. The summed E-state index contributed by atoms with van der Waals surface area (Å²) in [6.45, 7) is -1.57. The molecule has 0 saturated heterocycles. The van der Waals surface area contributed by atoms with Gasteiger partial charge in [0, 0.05) is 0 Å². The SMILES string of the molecule is CCOC(=O)OC(F)F. The molecule has 0 heterocycles. The fourth-order valence-corrected chi connectivity index (χ4v) is 0.225. The lowest BCUT2D eigenvalue weighted by Crippen LogP contribution is -2.10. The fourth-order valence-electron chi connectivity index (χ4n) is 0.225. The Balaban J connectivity index is 3.27. The van der Waals surface area contributed by atoms with E-state index in [1.54, 1.807) is 0 Å². The Labute approximate surface area is 50.6 Å². The van der Waals surface area contributed by atoms with E-state index in [-0.39, 0.29) is 6.61 Å². The summed E-state index contributed by atoms with van der Waals surface area (Å²) < 4.78 is 29.5. The van der Waals surface area contributed by atoms with Gasteiger partial charge in [-0.15, -0.1) is 0 Å². The van der Waals surface area contributed by atoms with Crippen molar-refractivity contribution in [2.45, 2.75) is 13.5 Å². The summed E-state index contributed by atoms with van der Waals surface area (Å²) in [5.41, 5.74) is 0. The minimum Gasteiger partial charge on any atom is -0.434 e. The molecule has 0 aromatic heterocycles. The number of carbonyl (C=O) groups excluding carboxylic acids is 1. The Kier molecular flexibility index (Phi) is 3.66. The molecule has 0 amide bonds. The molecule has 0 aromatic carbocycles. The van der Waals surface area contributed by atoms with Gasteiger partial charge in [0.1, 0.15) is 0 Å². The second-order valence-corrected chi connectivity index (χ2v) is 1.06. The summed E-state index contributed by atoms with van der Waals surface area (Å²) in [5, 5.41) is 0. The van der Waals surface area contributed by atoms with Crippen LogP contribution in [0.3, 0.4) is 0 Å². The van der Waals surface area contributed by atoms with Gasteiger partial charge in [0.05, 0.1) is 6.61 Å².